The van der Waals surface area contributed by atoms with Crippen molar-refractivity contribution in [3.8, 4) is 0 Å². The summed E-state index contributed by atoms with van der Waals surface area (Å²) >= 11 is 1.70. The molecular weight excluding hydrogens is 256 g/mol. The van der Waals surface area contributed by atoms with Crippen LogP contribution in [0.2, 0.25) is 0 Å². The van der Waals surface area contributed by atoms with Crippen LogP contribution in [-0.2, 0) is 4.79 Å². The molecule has 1 aliphatic rings. The standard InChI is InChI=1S/C15H22N2OS/c1-10-4-7-13(11(2)8-10)19-9-15(3,14(16)18)17-12-5-6-12/h4,7-8,12,17H,5-6,9H2,1-3H3,(H2,16,18). The van der Waals surface area contributed by atoms with E-state index in [1.165, 1.54) is 16.0 Å². The van der Waals surface area contributed by atoms with E-state index in [1.807, 2.05) is 6.92 Å². The van der Waals surface area contributed by atoms with Gasteiger partial charge in [-0.3, -0.25) is 4.79 Å². The second-order valence-corrected chi connectivity index (χ2v) is 6.69. The second kappa shape index (κ2) is 5.55. The third kappa shape index (κ3) is 3.74. The van der Waals surface area contributed by atoms with Crippen LogP contribution in [0.4, 0.5) is 0 Å². The lowest BCUT2D eigenvalue weighted by atomic mass is 10.1. The Hall–Kier alpha value is -1.00. The molecule has 19 heavy (non-hydrogen) atoms. The van der Waals surface area contributed by atoms with Crippen molar-refractivity contribution in [3.63, 3.8) is 0 Å². The van der Waals surface area contributed by atoms with Crippen LogP contribution in [0.1, 0.15) is 30.9 Å². The molecule has 3 nitrogen and oxygen atoms in total. The summed E-state index contributed by atoms with van der Waals surface area (Å²) in [5.74, 6) is 0.402. The molecule has 0 saturated heterocycles. The molecule has 1 aliphatic carbocycles. The van der Waals surface area contributed by atoms with Crippen LogP contribution in [-0.4, -0.2) is 23.2 Å². The van der Waals surface area contributed by atoms with Gasteiger partial charge in [0, 0.05) is 16.7 Å². The van der Waals surface area contributed by atoms with Crippen LogP contribution < -0.4 is 11.1 Å². The minimum absolute atomic E-state index is 0.267. The first kappa shape index (κ1) is 14.4. The van der Waals surface area contributed by atoms with Crippen LogP contribution >= 0.6 is 11.8 Å². The molecule has 1 fully saturated rings. The molecule has 2 rings (SSSR count). The number of nitrogens with one attached hydrogen (secondary N) is 1. The number of amides is 1. The van der Waals surface area contributed by atoms with Gasteiger partial charge in [-0.25, -0.2) is 0 Å². The maximum atomic E-state index is 11.7. The Morgan fingerprint density at radius 3 is 2.68 bits per heavy atom. The number of carbonyl (C=O) groups is 1. The molecule has 1 aromatic rings. The number of carbonyl (C=O) groups excluding carboxylic acids is 1. The van der Waals surface area contributed by atoms with Crippen molar-refractivity contribution in [3.05, 3.63) is 29.3 Å². The summed E-state index contributed by atoms with van der Waals surface area (Å²) < 4.78 is 0. The highest BCUT2D eigenvalue weighted by Crippen LogP contribution is 2.29. The van der Waals surface area contributed by atoms with Crippen LogP contribution in [0.3, 0.4) is 0 Å². The lowest BCUT2D eigenvalue weighted by Gasteiger charge is -2.27. The smallest absolute Gasteiger partial charge is 0.238 e. The van der Waals surface area contributed by atoms with Gasteiger partial charge in [-0.2, -0.15) is 0 Å². The van der Waals surface area contributed by atoms with Crippen molar-refractivity contribution in [2.45, 2.75) is 50.1 Å². The van der Waals surface area contributed by atoms with Gasteiger partial charge in [-0.15, -0.1) is 11.8 Å². The van der Waals surface area contributed by atoms with Gasteiger partial charge in [0.1, 0.15) is 5.54 Å². The average molecular weight is 278 g/mol. The van der Waals surface area contributed by atoms with Crippen molar-refractivity contribution < 1.29 is 4.79 Å². The predicted molar refractivity (Wildman–Crippen MR) is 80.4 cm³/mol. The molecule has 0 aromatic heterocycles. The molecule has 0 heterocycles. The molecule has 1 saturated carbocycles. The van der Waals surface area contributed by atoms with E-state index in [1.54, 1.807) is 11.8 Å². The topological polar surface area (TPSA) is 55.1 Å². The van der Waals surface area contributed by atoms with Crippen LogP contribution in [0, 0.1) is 13.8 Å². The molecule has 1 atom stereocenters. The monoisotopic (exact) mass is 278 g/mol. The summed E-state index contributed by atoms with van der Waals surface area (Å²) in [6.07, 6.45) is 2.30. The number of aryl methyl sites for hydroxylation is 2. The summed E-state index contributed by atoms with van der Waals surface area (Å²) in [7, 11) is 0. The number of primary amides is 1. The van der Waals surface area contributed by atoms with Crippen molar-refractivity contribution in [2.24, 2.45) is 5.73 Å². The molecule has 1 unspecified atom stereocenters. The zero-order valence-corrected chi connectivity index (χ0v) is 12.6. The molecule has 1 amide bonds. The molecule has 0 aliphatic heterocycles. The quantitative estimate of drug-likeness (QED) is 0.786. The third-order valence-corrected chi connectivity index (χ3v) is 4.98. The van der Waals surface area contributed by atoms with E-state index in [2.05, 4.69) is 37.4 Å². The summed E-state index contributed by atoms with van der Waals surface area (Å²) in [5.41, 5.74) is 7.45. The van der Waals surface area contributed by atoms with Gasteiger partial charge in [0.15, 0.2) is 0 Å². The third-order valence-electron chi connectivity index (χ3n) is 3.49. The molecular formula is C15H22N2OS. The Morgan fingerprint density at radius 1 is 1.47 bits per heavy atom. The van der Waals surface area contributed by atoms with Gasteiger partial charge in [0.05, 0.1) is 0 Å². The van der Waals surface area contributed by atoms with E-state index in [9.17, 15) is 4.79 Å². The first-order valence-electron chi connectivity index (χ1n) is 6.68. The minimum atomic E-state index is -0.622. The number of hydrogen-bond acceptors (Lipinski definition) is 3. The van der Waals surface area contributed by atoms with Gasteiger partial charge < -0.3 is 11.1 Å². The largest absolute Gasteiger partial charge is 0.368 e. The molecule has 0 bridgehead atoms. The number of rotatable bonds is 6. The summed E-state index contributed by atoms with van der Waals surface area (Å²) in [6, 6.07) is 6.86. The highest BCUT2D eigenvalue weighted by atomic mass is 32.2. The fraction of sp³-hybridized carbons (Fsp3) is 0.533. The normalized spacial score (nSPS) is 18.1. The highest BCUT2D eigenvalue weighted by molar-refractivity contribution is 7.99. The van der Waals surface area contributed by atoms with Gasteiger partial charge in [0.25, 0.3) is 0 Å². The van der Waals surface area contributed by atoms with E-state index in [4.69, 9.17) is 5.73 Å². The highest BCUT2D eigenvalue weighted by Gasteiger charge is 2.37. The Bertz CT molecular complexity index is 485. The van der Waals surface area contributed by atoms with Gasteiger partial charge in [0.2, 0.25) is 5.91 Å². The number of benzene rings is 1. The zero-order chi connectivity index (χ0) is 14.0. The fourth-order valence-electron chi connectivity index (χ4n) is 2.05. The van der Waals surface area contributed by atoms with E-state index in [0.717, 1.165) is 12.8 Å². The summed E-state index contributed by atoms with van der Waals surface area (Å²) in [4.78, 5) is 12.9. The van der Waals surface area contributed by atoms with Crippen LogP contribution in [0.15, 0.2) is 23.1 Å². The van der Waals surface area contributed by atoms with E-state index >= 15 is 0 Å². The molecule has 104 valence electrons. The maximum absolute atomic E-state index is 11.7. The Balaban J connectivity index is 2.03. The lowest BCUT2D eigenvalue weighted by Crippen LogP contribution is -2.55. The van der Waals surface area contributed by atoms with E-state index < -0.39 is 5.54 Å². The second-order valence-electron chi connectivity index (χ2n) is 5.67. The molecule has 0 spiro atoms. The van der Waals surface area contributed by atoms with Crippen molar-refractivity contribution in [2.75, 3.05) is 5.75 Å². The Kier molecular flexibility index (Phi) is 4.21. The minimum Gasteiger partial charge on any atom is -0.368 e. The molecule has 0 radical (unpaired) electrons. The van der Waals surface area contributed by atoms with Crippen LogP contribution in [0.25, 0.3) is 0 Å². The molecule has 4 heteroatoms. The number of thioether (sulfide) groups is 1. The SMILES string of the molecule is Cc1ccc(SCC(C)(NC2CC2)C(N)=O)c(C)c1. The molecule has 3 N–H and O–H groups in total. The Morgan fingerprint density at radius 2 is 2.16 bits per heavy atom. The van der Waals surface area contributed by atoms with E-state index in [-0.39, 0.29) is 5.91 Å². The van der Waals surface area contributed by atoms with E-state index in [0.29, 0.717) is 11.8 Å². The fourth-order valence-corrected chi connectivity index (χ4v) is 3.17. The van der Waals surface area contributed by atoms with Crippen molar-refractivity contribution in [1.82, 2.24) is 5.32 Å². The first-order chi connectivity index (χ1) is 8.90. The van der Waals surface area contributed by atoms with Gasteiger partial charge in [-0.05, 0) is 45.2 Å². The maximum Gasteiger partial charge on any atom is 0.238 e. The van der Waals surface area contributed by atoms with Crippen molar-refractivity contribution >= 4 is 17.7 Å². The average Bonchev–Trinajstić information content (AvgIpc) is 3.11. The zero-order valence-electron chi connectivity index (χ0n) is 11.8. The number of hydrogen-bond donors (Lipinski definition) is 2. The number of nitrogens with two attached hydrogens (primary N) is 1. The summed E-state index contributed by atoms with van der Waals surface area (Å²) in [6.45, 7) is 6.10. The first-order valence-corrected chi connectivity index (χ1v) is 7.67. The molecule has 1 aromatic carbocycles. The van der Waals surface area contributed by atoms with Gasteiger partial charge in [-0.1, -0.05) is 17.7 Å². The van der Waals surface area contributed by atoms with Crippen LogP contribution in [0.5, 0.6) is 0 Å². The lowest BCUT2D eigenvalue weighted by molar-refractivity contribution is -0.123. The van der Waals surface area contributed by atoms with Crippen molar-refractivity contribution in [1.29, 1.82) is 0 Å². The van der Waals surface area contributed by atoms with Gasteiger partial charge >= 0.3 is 0 Å². The predicted octanol–water partition coefficient (Wildman–Crippen LogP) is 2.39. The Labute approximate surface area is 119 Å². The summed E-state index contributed by atoms with van der Waals surface area (Å²) in [5, 5.41) is 3.37.